The van der Waals surface area contributed by atoms with Crippen LogP contribution in [0.25, 0.3) is 0 Å². The predicted octanol–water partition coefficient (Wildman–Crippen LogP) is 6.62. The lowest BCUT2D eigenvalue weighted by atomic mass is 9.32. The van der Waals surface area contributed by atoms with Gasteiger partial charge in [-0.05, 0) is 115 Å². The van der Waals surface area contributed by atoms with Gasteiger partial charge < -0.3 is 9.84 Å². The number of rotatable bonds is 1. The second-order valence-corrected chi connectivity index (χ2v) is 14.4. The van der Waals surface area contributed by atoms with E-state index in [1.165, 1.54) is 51.4 Å². The molecule has 1 N–H and O–H groups in total. The van der Waals surface area contributed by atoms with Gasteiger partial charge in [0.2, 0.25) is 0 Å². The molecule has 0 radical (unpaired) electrons. The zero-order valence-corrected chi connectivity index (χ0v) is 21.8. The number of carbonyl (C=O) groups is 1. The van der Waals surface area contributed by atoms with Crippen molar-refractivity contribution in [3.05, 3.63) is 0 Å². The molecule has 0 amide bonds. The first-order chi connectivity index (χ1) is 14.8. The average Bonchev–Trinajstić information content (AvgIpc) is 3.09. The molecule has 3 nitrogen and oxygen atoms in total. The first-order valence-corrected chi connectivity index (χ1v) is 13.6. The van der Waals surface area contributed by atoms with Crippen molar-refractivity contribution in [2.24, 2.45) is 56.7 Å². The van der Waals surface area contributed by atoms with E-state index in [4.69, 9.17) is 4.74 Å². The molecule has 0 aromatic heterocycles. The Hall–Kier alpha value is -0.570. The highest BCUT2D eigenvalue weighted by molar-refractivity contribution is 5.73. The van der Waals surface area contributed by atoms with Crippen LogP contribution in [-0.4, -0.2) is 24.3 Å². The molecule has 32 heavy (non-hydrogen) atoms. The third-order valence-corrected chi connectivity index (χ3v) is 13.3. The Bertz CT molecular complexity index is 789. The monoisotopic (exact) mass is 444 g/mol. The van der Waals surface area contributed by atoms with Crippen LogP contribution >= 0.6 is 0 Å². The molecule has 0 spiro atoms. The summed E-state index contributed by atoms with van der Waals surface area (Å²) >= 11 is 0. The summed E-state index contributed by atoms with van der Waals surface area (Å²) in [5.41, 5.74) is 1.26. The molecule has 0 bridgehead atoms. The van der Waals surface area contributed by atoms with Crippen molar-refractivity contribution in [2.75, 3.05) is 7.11 Å². The first-order valence-electron chi connectivity index (χ1n) is 13.6. The van der Waals surface area contributed by atoms with Crippen LogP contribution in [0.3, 0.4) is 0 Å². The van der Waals surface area contributed by atoms with Crippen molar-refractivity contribution in [2.45, 2.75) is 112 Å². The molecule has 0 aromatic carbocycles. The number of carbonyl (C=O) groups excluding carboxylic acids is 1. The van der Waals surface area contributed by atoms with Gasteiger partial charge in [-0.1, -0.05) is 41.5 Å². The summed E-state index contributed by atoms with van der Waals surface area (Å²) in [7, 11) is 1.58. The van der Waals surface area contributed by atoms with Crippen molar-refractivity contribution in [3.63, 3.8) is 0 Å². The van der Waals surface area contributed by atoms with Crippen LogP contribution in [0.5, 0.6) is 0 Å². The van der Waals surface area contributed by atoms with E-state index in [0.717, 1.165) is 18.8 Å². The SMILES string of the molecule is COC(=O)C1CC[C@]2(C)CC[C@]3(C)C(CCC4[C@@]5(C)CC[C@H](O)C(C)(C)C5CC[C@]43C)C12. The molecule has 5 fully saturated rings. The number of methoxy groups -OCH3 is 1. The number of esters is 1. The zero-order valence-electron chi connectivity index (χ0n) is 21.8. The van der Waals surface area contributed by atoms with Crippen molar-refractivity contribution in [1.82, 2.24) is 0 Å². The fourth-order valence-corrected chi connectivity index (χ4v) is 11.3. The molecular formula is C29H48O3. The molecule has 3 heteroatoms. The van der Waals surface area contributed by atoms with Gasteiger partial charge in [-0.3, -0.25) is 4.79 Å². The molecule has 10 atom stereocenters. The van der Waals surface area contributed by atoms with Gasteiger partial charge in [0.05, 0.1) is 19.1 Å². The standard InChI is InChI=1S/C29H48O3/c1-25(2)20-11-15-29(6)21(27(20,4)14-12-22(25)30)9-8-19-23-18(24(31)32-7)10-13-26(23,3)16-17-28(19,29)5/h18-23,30H,8-17H2,1-7H3/t18?,19?,20?,21?,22-,23?,26+,27-,28+,29+/m0/s1. The van der Waals surface area contributed by atoms with Crippen LogP contribution in [0.15, 0.2) is 0 Å². The summed E-state index contributed by atoms with van der Waals surface area (Å²) in [6.45, 7) is 15.0. The molecule has 5 saturated carbocycles. The minimum Gasteiger partial charge on any atom is -0.469 e. The summed E-state index contributed by atoms with van der Waals surface area (Å²) in [5, 5.41) is 10.9. The molecule has 0 saturated heterocycles. The second kappa shape index (κ2) is 6.98. The van der Waals surface area contributed by atoms with E-state index in [-0.39, 0.29) is 23.4 Å². The maximum atomic E-state index is 12.8. The second-order valence-electron chi connectivity index (χ2n) is 14.4. The van der Waals surface area contributed by atoms with Gasteiger partial charge in [-0.2, -0.15) is 0 Å². The summed E-state index contributed by atoms with van der Waals surface area (Å²) < 4.78 is 5.33. The summed E-state index contributed by atoms with van der Waals surface area (Å²) in [5.74, 6) is 2.61. The number of hydrogen-bond donors (Lipinski definition) is 1. The van der Waals surface area contributed by atoms with E-state index in [0.29, 0.717) is 39.4 Å². The highest BCUT2D eigenvalue weighted by Crippen LogP contribution is 2.77. The van der Waals surface area contributed by atoms with Crippen LogP contribution in [0.1, 0.15) is 106 Å². The summed E-state index contributed by atoms with van der Waals surface area (Å²) in [6, 6.07) is 0. The Morgan fingerprint density at radius 1 is 0.781 bits per heavy atom. The highest BCUT2D eigenvalue weighted by atomic mass is 16.5. The van der Waals surface area contributed by atoms with E-state index in [1.54, 1.807) is 7.11 Å². The number of fused-ring (bicyclic) bond motifs is 7. The van der Waals surface area contributed by atoms with E-state index in [1.807, 2.05) is 0 Å². The quantitative estimate of drug-likeness (QED) is 0.462. The van der Waals surface area contributed by atoms with Gasteiger partial charge >= 0.3 is 5.97 Å². The summed E-state index contributed by atoms with van der Waals surface area (Å²) in [6.07, 6.45) is 11.9. The summed E-state index contributed by atoms with van der Waals surface area (Å²) in [4.78, 5) is 12.8. The van der Waals surface area contributed by atoms with Crippen LogP contribution < -0.4 is 0 Å². The molecule has 5 aliphatic carbocycles. The fourth-order valence-electron chi connectivity index (χ4n) is 11.3. The van der Waals surface area contributed by atoms with Crippen LogP contribution in [0, 0.1) is 56.7 Å². The highest BCUT2D eigenvalue weighted by Gasteiger charge is 2.70. The third kappa shape index (κ3) is 2.67. The zero-order chi connectivity index (χ0) is 23.3. The Morgan fingerprint density at radius 2 is 1.50 bits per heavy atom. The maximum Gasteiger partial charge on any atom is 0.308 e. The van der Waals surface area contributed by atoms with Gasteiger partial charge in [0.15, 0.2) is 0 Å². The van der Waals surface area contributed by atoms with Gasteiger partial charge in [0.1, 0.15) is 0 Å². The van der Waals surface area contributed by atoms with Crippen LogP contribution in [0.4, 0.5) is 0 Å². The van der Waals surface area contributed by atoms with Crippen molar-refractivity contribution in [1.29, 1.82) is 0 Å². The van der Waals surface area contributed by atoms with E-state index >= 15 is 0 Å². The Labute approximate surface area is 196 Å². The molecule has 5 unspecified atom stereocenters. The van der Waals surface area contributed by atoms with Crippen LogP contribution in [-0.2, 0) is 9.53 Å². The molecule has 0 aromatic rings. The number of hydrogen-bond acceptors (Lipinski definition) is 3. The van der Waals surface area contributed by atoms with E-state index in [2.05, 4.69) is 41.5 Å². The van der Waals surface area contributed by atoms with Gasteiger partial charge in [0, 0.05) is 0 Å². The minimum atomic E-state index is -0.161. The maximum absolute atomic E-state index is 12.8. The molecule has 0 aliphatic heterocycles. The molecule has 5 aliphatic rings. The fraction of sp³-hybridized carbons (Fsp3) is 0.966. The Balaban J connectivity index is 1.53. The lowest BCUT2D eigenvalue weighted by Gasteiger charge is -2.72. The Kier molecular flexibility index (Phi) is 5.06. The van der Waals surface area contributed by atoms with Gasteiger partial charge in [-0.25, -0.2) is 0 Å². The van der Waals surface area contributed by atoms with E-state index < -0.39 is 0 Å². The topological polar surface area (TPSA) is 46.5 Å². The van der Waals surface area contributed by atoms with Gasteiger partial charge in [-0.15, -0.1) is 0 Å². The average molecular weight is 445 g/mol. The largest absolute Gasteiger partial charge is 0.469 e. The predicted molar refractivity (Wildman–Crippen MR) is 128 cm³/mol. The number of aliphatic hydroxyl groups is 1. The molecule has 0 heterocycles. The molecule has 5 rings (SSSR count). The minimum absolute atomic E-state index is 0.0126. The number of aliphatic hydroxyl groups excluding tert-OH is 1. The third-order valence-electron chi connectivity index (χ3n) is 13.3. The molecule has 182 valence electrons. The Morgan fingerprint density at radius 3 is 2.19 bits per heavy atom. The molecular weight excluding hydrogens is 396 g/mol. The number of ether oxygens (including phenoxy) is 1. The van der Waals surface area contributed by atoms with Crippen molar-refractivity contribution < 1.29 is 14.6 Å². The van der Waals surface area contributed by atoms with Crippen molar-refractivity contribution in [3.8, 4) is 0 Å². The lowest BCUT2D eigenvalue weighted by Crippen LogP contribution is -2.66. The van der Waals surface area contributed by atoms with Crippen molar-refractivity contribution >= 4 is 5.97 Å². The smallest absolute Gasteiger partial charge is 0.308 e. The van der Waals surface area contributed by atoms with Gasteiger partial charge in [0.25, 0.3) is 0 Å². The normalized spacial score (nSPS) is 56.4. The first kappa shape index (κ1) is 23.2. The van der Waals surface area contributed by atoms with Crippen LogP contribution in [0.2, 0.25) is 0 Å². The van der Waals surface area contributed by atoms with E-state index in [9.17, 15) is 9.90 Å². The lowest BCUT2D eigenvalue weighted by molar-refractivity contribution is -0.247.